The quantitative estimate of drug-likeness (QED) is 0.614. The molecule has 0 aliphatic heterocycles. The Morgan fingerprint density at radius 2 is 2.27 bits per heavy atom. The number of benzene rings is 1. The van der Waals surface area contributed by atoms with Gasteiger partial charge in [0.15, 0.2) is 5.82 Å². The number of thioether (sulfide) groups is 1. The minimum Gasteiger partial charge on any atom is -0.336 e. The zero-order chi connectivity index (χ0) is 15.7. The van der Waals surface area contributed by atoms with Crippen LogP contribution in [-0.4, -0.2) is 26.5 Å². The van der Waals surface area contributed by atoms with Crippen LogP contribution in [0.5, 0.6) is 0 Å². The molecule has 1 amide bonds. The Morgan fingerprint density at radius 3 is 2.95 bits per heavy atom. The van der Waals surface area contributed by atoms with Gasteiger partial charge in [0.2, 0.25) is 11.1 Å². The summed E-state index contributed by atoms with van der Waals surface area (Å²) >= 11 is 4.73. The average Bonchev–Trinajstić information content (AvgIpc) is 3.25. The molecule has 1 aromatic carbocycles. The number of nitrogens with zero attached hydrogens (tertiary/aromatic N) is 3. The van der Waals surface area contributed by atoms with Crippen molar-refractivity contribution < 1.29 is 4.79 Å². The highest BCUT2D eigenvalue weighted by Gasteiger charge is 2.29. The van der Waals surface area contributed by atoms with Crippen molar-refractivity contribution in [3.05, 3.63) is 34.1 Å². The Kier molecular flexibility index (Phi) is 4.39. The van der Waals surface area contributed by atoms with E-state index in [2.05, 4.69) is 31.4 Å². The van der Waals surface area contributed by atoms with Crippen LogP contribution in [0.4, 0.5) is 5.69 Å². The molecule has 1 aromatic heterocycles. The van der Waals surface area contributed by atoms with E-state index in [1.165, 1.54) is 16.4 Å². The number of carbonyl (C=O) groups excluding carboxylic acids is 1. The maximum Gasteiger partial charge on any atom is 0.234 e. The molecule has 6 nitrogen and oxygen atoms in total. The van der Waals surface area contributed by atoms with Gasteiger partial charge in [-0.2, -0.15) is 0 Å². The van der Waals surface area contributed by atoms with E-state index in [9.17, 15) is 4.79 Å². The lowest BCUT2D eigenvalue weighted by Crippen LogP contribution is -2.17. The largest absolute Gasteiger partial charge is 0.336 e. The molecule has 1 saturated carbocycles. The van der Waals surface area contributed by atoms with Gasteiger partial charge in [-0.25, -0.2) is 4.68 Å². The van der Waals surface area contributed by atoms with Crippen molar-refractivity contribution in [3.8, 4) is 0 Å². The molecule has 0 radical (unpaired) electrons. The van der Waals surface area contributed by atoms with Crippen LogP contribution >= 0.6 is 27.7 Å². The molecule has 3 N–H and O–H groups in total. The van der Waals surface area contributed by atoms with Gasteiger partial charge in [-0.3, -0.25) is 4.79 Å². The molecule has 22 heavy (non-hydrogen) atoms. The van der Waals surface area contributed by atoms with Gasteiger partial charge in [0.1, 0.15) is 0 Å². The number of aryl methyl sites for hydroxylation is 1. The third-order valence-corrected chi connectivity index (χ3v) is 5.24. The summed E-state index contributed by atoms with van der Waals surface area (Å²) in [7, 11) is 0. The molecule has 2 aromatic rings. The molecule has 116 valence electrons. The summed E-state index contributed by atoms with van der Waals surface area (Å²) in [4.78, 5) is 12.0. The number of hydrogen-bond acceptors (Lipinski definition) is 5. The van der Waals surface area contributed by atoms with Crippen LogP contribution in [0.25, 0.3) is 0 Å². The first kappa shape index (κ1) is 15.4. The van der Waals surface area contributed by atoms with Gasteiger partial charge in [0.05, 0.1) is 5.75 Å². The van der Waals surface area contributed by atoms with Crippen LogP contribution < -0.4 is 11.2 Å². The monoisotopic (exact) mass is 381 g/mol. The Hall–Kier alpha value is -1.54. The summed E-state index contributed by atoms with van der Waals surface area (Å²) in [6.45, 7) is 1.98. The van der Waals surface area contributed by atoms with E-state index >= 15 is 0 Å². The molecule has 1 aliphatic carbocycles. The molecule has 1 heterocycles. The lowest BCUT2D eigenvalue weighted by Gasteiger charge is -2.07. The molecule has 0 unspecified atom stereocenters. The molecule has 1 fully saturated rings. The lowest BCUT2D eigenvalue weighted by atomic mass is 10.2. The minimum absolute atomic E-state index is 0.0947. The van der Waals surface area contributed by atoms with E-state index in [0.29, 0.717) is 11.1 Å². The van der Waals surface area contributed by atoms with E-state index in [0.717, 1.165) is 34.4 Å². The Morgan fingerprint density at radius 1 is 1.50 bits per heavy atom. The first-order chi connectivity index (χ1) is 10.5. The second-order valence-electron chi connectivity index (χ2n) is 5.29. The number of nitrogens with one attached hydrogen (secondary N) is 1. The number of anilines is 1. The molecule has 0 spiro atoms. The van der Waals surface area contributed by atoms with Crippen LogP contribution in [0.1, 0.15) is 30.1 Å². The molecule has 8 heteroatoms. The van der Waals surface area contributed by atoms with Gasteiger partial charge in [0.25, 0.3) is 0 Å². The molecular weight excluding hydrogens is 366 g/mol. The fourth-order valence-electron chi connectivity index (χ4n) is 2.06. The lowest BCUT2D eigenvalue weighted by molar-refractivity contribution is -0.113. The normalized spacial score (nSPS) is 14.1. The number of rotatable bonds is 5. The number of hydrogen-bond donors (Lipinski definition) is 2. The molecule has 0 bridgehead atoms. The van der Waals surface area contributed by atoms with Crippen LogP contribution in [-0.2, 0) is 4.79 Å². The zero-order valence-corrected chi connectivity index (χ0v) is 14.4. The van der Waals surface area contributed by atoms with Crippen LogP contribution in [0.3, 0.4) is 0 Å². The summed E-state index contributed by atoms with van der Waals surface area (Å²) < 4.78 is 2.52. The summed E-state index contributed by atoms with van der Waals surface area (Å²) in [5, 5.41) is 11.6. The van der Waals surface area contributed by atoms with Crippen molar-refractivity contribution in [1.82, 2.24) is 14.9 Å². The van der Waals surface area contributed by atoms with Gasteiger partial charge >= 0.3 is 0 Å². The smallest absolute Gasteiger partial charge is 0.234 e. The van der Waals surface area contributed by atoms with Crippen LogP contribution in [0, 0.1) is 6.92 Å². The zero-order valence-electron chi connectivity index (χ0n) is 12.0. The van der Waals surface area contributed by atoms with Crippen molar-refractivity contribution in [1.29, 1.82) is 0 Å². The number of halogens is 1. The van der Waals surface area contributed by atoms with E-state index in [-0.39, 0.29) is 11.7 Å². The number of nitrogen functional groups attached to an aromatic ring is 1. The number of amides is 1. The van der Waals surface area contributed by atoms with E-state index in [1.807, 2.05) is 25.1 Å². The number of aromatic nitrogens is 3. The van der Waals surface area contributed by atoms with Crippen molar-refractivity contribution >= 4 is 39.3 Å². The van der Waals surface area contributed by atoms with Crippen LogP contribution in [0.15, 0.2) is 27.8 Å². The number of carbonyl (C=O) groups is 1. The predicted molar refractivity (Wildman–Crippen MR) is 90.4 cm³/mol. The van der Waals surface area contributed by atoms with E-state index in [1.54, 1.807) is 0 Å². The summed E-state index contributed by atoms with van der Waals surface area (Å²) in [6.07, 6.45) is 2.23. The summed E-state index contributed by atoms with van der Waals surface area (Å²) in [5.74, 6) is 7.35. The maximum absolute atomic E-state index is 12.0. The molecule has 1 aliphatic rings. The SMILES string of the molecule is Cc1cc(NC(=O)CSc2nnc(C3CC3)n2N)ccc1Br. The van der Waals surface area contributed by atoms with E-state index < -0.39 is 0 Å². The van der Waals surface area contributed by atoms with Crippen molar-refractivity contribution in [3.63, 3.8) is 0 Å². The fourth-order valence-corrected chi connectivity index (χ4v) is 2.97. The standard InChI is InChI=1S/C14H16BrN5OS/c1-8-6-10(4-5-11(8)15)17-12(21)7-22-14-19-18-13(20(14)16)9-2-3-9/h4-6,9H,2-3,7,16H2,1H3,(H,17,21). The minimum atomic E-state index is -0.0947. The van der Waals surface area contributed by atoms with E-state index in [4.69, 9.17) is 5.84 Å². The fraction of sp³-hybridized carbons (Fsp3) is 0.357. The molecule has 0 saturated heterocycles. The van der Waals surface area contributed by atoms with Gasteiger partial charge in [-0.1, -0.05) is 27.7 Å². The van der Waals surface area contributed by atoms with Crippen molar-refractivity contribution in [2.75, 3.05) is 16.9 Å². The highest BCUT2D eigenvalue weighted by molar-refractivity contribution is 9.10. The molecule has 0 atom stereocenters. The van der Waals surface area contributed by atoms with Crippen molar-refractivity contribution in [2.45, 2.75) is 30.8 Å². The number of nitrogens with two attached hydrogens (primary N) is 1. The topological polar surface area (TPSA) is 85.8 Å². The Balaban J connectivity index is 1.56. The Bertz CT molecular complexity index is 713. The van der Waals surface area contributed by atoms with Gasteiger partial charge in [-0.05, 0) is 43.5 Å². The first-order valence-corrected chi connectivity index (χ1v) is 8.71. The molecule has 3 rings (SSSR count). The first-order valence-electron chi connectivity index (χ1n) is 6.94. The van der Waals surface area contributed by atoms with Gasteiger partial charge in [0, 0.05) is 16.1 Å². The second kappa shape index (κ2) is 6.29. The summed E-state index contributed by atoms with van der Waals surface area (Å²) in [6, 6.07) is 5.69. The van der Waals surface area contributed by atoms with Crippen molar-refractivity contribution in [2.24, 2.45) is 0 Å². The van der Waals surface area contributed by atoms with Gasteiger partial charge in [-0.15, -0.1) is 10.2 Å². The predicted octanol–water partition coefficient (Wildman–Crippen LogP) is 2.67. The maximum atomic E-state index is 12.0. The highest BCUT2D eigenvalue weighted by atomic mass is 79.9. The summed E-state index contributed by atoms with van der Waals surface area (Å²) in [5.41, 5.74) is 1.85. The third-order valence-electron chi connectivity index (χ3n) is 3.41. The highest BCUT2D eigenvalue weighted by Crippen LogP contribution is 2.39. The molecular formula is C14H16BrN5OS. The Labute approximate surface area is 141 Å². The average molecular weight is 382 g/mol. The van der Waals surface area contributed by atoms with Gasteiger partial charge < -0.3 is 11.2 Å². The van der Waals surface area contributed by atoms with Crippen LogP contribution in [0.2, 0.25) is 0 Å². The third kappa shape index (κ3) is 3.44. The second-order valence-corrected chi connectivity index (χ2v) is 7.08.